The van der Waals surface area contributed by atoms with Gasteiger partial charge in [0.25, 0.3) is 5.56 Å². The first kappa shape index (κ1) is 11.0. The maximum atomic E-state index is 11.9. The van der Waals surface area contributed by atoms with E-state index in [1.807, 2.05) is 12.3 Å². The van der Waals surface area contributed by atoms with Crippen LogP contribution in [0.4, 0.5) is 0 Å². The molecule has 0 spiro atoms. The Morgan fingerprint density at radius 2 is 2.38 bits per heavy atom. The fraction of sp³-hybridized carbons (Fsp3) is 0.364. The van der Waals surface area contributed by atoms with Gasteiger partial charge < -0.3 is 0 Å². The summed E-state index contributed by atoms with van der Waals surface area (Å²) in [5.74, 6) is 0.0716. The standard InChI is InChI=1S/C11H12N2O2S/c1-2-3-8(14)6-13-7-12-9-4-5-16-10(9)11(13)15/h4-5,7H,2-3,6H2,1H3. The molecule has 84 valence electrons. The number of rotatable bonds is 4. The van der Waals surface area contributed by atoms with Gasteiger partial charge in [0.2, 0.25) is 0 Å². The minimum atomic E-state index is -0.121. The lowest BCUT2D eigenvalue weighted by molar-refractivity contribution is -0.119. The van der Waals surface area contributed by atoms with Crippen LogP contribution < -0.4 is 5.56 Å². The molecule has 2 aromatic rings. The number of aromatic nitrogens is 2. The molecule has 0 unspecified atom stereocenters. The van der Waals surface area contributed by atoms with Crippen molar-refractivity contribution in [2.45, 2.75) is 26.3 Å². The fourth-order valence-corrected chi connectivity index (χ4v) is 2.33. The zero-order valence-electron chi connectivity index (χ0n) is 8.97. The van der Waals surface area contributed by atoms with Gasteiger partial charge in [-0.15, -0.1) is 11.3 Å². The van der Waals surface area contributed by atoms with E-state index >= 15 is 0 Å². The summed E-state index contributed by atoms with van der Waals surface area (Å²) in [6, 6.07) is 1.81. The highest BCUT2D eigenvalue weighted by molar-refractivity contribution is 7.17. The van der Waals surface area contributed by atoms with E-state index in [4.69, 9.17) is 0 Å². The Bertz CT molecular complexity index is 571. The van der Waals surface area contributed by atoms with Crippen molar-refractivity contribution in [3.05, 3.63) is 28.1 Å². The van der Waals surface area contributed by atoms with Crippen LogP contribution in [0.25, 0.3) is 10.2 Å². The van der Waals surface area contributed by atoms with Gasteiger partial charge in [0.05, 0.1) is 18.4 Å². The normalized spacial score (nSPS) is 10.8. The largest absolute Gasteiger partial charge is 0.298 e. The first-order valence-electron chi connectivity index (χ1n) is 5.16. The van der Waals surface area contributed by atoms with Crippen LogP contribution in [0.2, 0.25) is 0 Å². The van der Waals surface area contributed by atoms with Gasteiger partial charge >= 0.3 is 0 Å². The van der Waals surface area contributed by atoms with E-state index in [9.17, 15) is 9.59 Å². The van der Waals surface area contributed by atoms with E-state index in [-0.39, 0.29) is 17.9 Å². The third kappa shape index (κ3) is 2.04. The van der Waals surface area contributed by atoms with E-state index in [0.29, 0.717) is 16.6 Å². The predicted molar refractivity (Wildman–Crippen MR) is 63.8 cm³/mol. The molecule has 0 amide bonds. The maximum Gasteiger partial charge on any atom is 0.271 e. The highest BCUT2D eigenvalue weighted by Gasteiger charge is 2.08. The van der Waals surface area contributed by atoms with Gasteiger partial charge in [0.1, 0.15) is 4.70 Å². The number of ketones is 1. The zero-order chi connectivity index (χ0) is 11.5. The second-order valence-electron chi connectivity index (χ2n) is 3.60. The van der Waals surface area contributed by atoms with Crippen LogP contribution in [0, 0.1) is 0 Å². The highest BCUT2D eigenvalue weighted by atomic mass is 32.1. The number of carbonyl (C=O) groups is 1. The summed E-state index contributed by atoms with van der Waals surface area (Å²) in [6.07, 6.45) is 2.77. The summed E-state index contributed by atoms with van der Waals surface area (Å²) in [5, 5.41) is 1.83. The molecule has 0 N–H and O–H groups in total. The Labute approximate surface area is 96.6 Å². The lowest BCUT2D eigenvalue weighted by atomic mass is 10.2. The van der Waals surface area contributed by atoms with Crippen molar-refractivity contribution in [1.29, 1.82) is 0 Å². The molecular weight excluding hydrogens is 224 g/mol. The number of thiophene rings is 1. The lowest BCUT2D eigenvalue weighted by Crippen LogP contribution is -2.23. The SMILES string of the molecule is CCCC(=O)Cn1cnc2ccsc2c1=O. The molecule has 0 bridgehead atoms. The van der Waals surface area contributed by atoms with Crippen molar-refractivity contribution in [2.24, 2.45) is 0 Å². The van der Waals surface area contributed by atoms with Gasteiger partial charge in [-0.25, -0.2) is 4.98 Å². The number of fused-ring (bicyclic) bond motifs is 1. The summed E-state index contributed by atoms with van der Waals surface area (Å²) < 4.78 is 2.00. The molecule has 2 heterocycles. The lowest BCUT2D eigenvalue weighted by Gasteiger charge is -2.03. The quantitative estimate of drug-likeness (QED) is 0.813. The van der Waals surface area contributed by atoms with Crippen LogP contribution in [-0.4, -0.2) is 15.3 Å². The highest BCUT2D eigenvalue weighted by Crippen LogP contribution is 2.13. The molecule has 0 saturated carbocycles. The molecule has 2 rings (SSSR count). The maximum absolute atomic E-state index is 11.9. The van der Waals surface area contributed by atoms with Crippen LogP contribution in [0.5, 0.6) is 0 Å². The molecular formula is C11H12N2O2S. The summed E-state index contributed by atoms with van der Waals surface area (Å²) in [5.41, 5.74) is 0.582. The van der Waals surface area contributed by atoms with Crippen LogP contribution >= 0.6 is 11.3 Å². The van der Waals surface area contributed by atoms with Crippen molar-refractivity contribution >= 4 is 27.3 Å². The van der Waals surface area contributed by atoms with Gasteiger partial charge in [-0.05, 0) is 17.9 Å². The number of Topliss-reactive ketones (excluding diaryl/α,β-unsaturated/α-hetero) is 1. The van der Waals surface area contributed by atoms with Gasteiger partial charge in [-0.2, -0.15) is 0 Å². The Balaban J connectivity index is 2.34. The summed E-state index contributed by atoms with van der Waals surface area (Å²) in [4.78, 5) is 27.5. The fourth-order valence-electron chi connectivity index (χ4n) is 1.54. The molecule has 0 aromatic carbocycles. The minimum absolute atomic E-state index is 0.0716. The molecule has 0 aliphatic carbocycles. The van der Waals surface area contributed by atoms with E-state index in [1.165, 1.54) is 22.2 Å². The van der Waals surface area contributed by atoms with Crippen molar-refractivity contribution in [2.75, 3.05) is 0 Å². The summed E-state index contributed by atoms with van der Waals surface area (Å²) in [6.45, 7) is 2.08. The molecule has 2 aromatic heterocycles. The number of hydrogen-bond donors (Lipinski definition) is 0. The molecule has 0 aliphatic rings. The van der Waals surface area contributed by atoms with Crippen LogP contribution in [0.15, 0.2) is 22.6 Å². The predicted octanol–water partition coefficient (Wildman–Crippen LogP) is 1.83. The van der Waals surface area contributed by atoms with Crippen molar-refractivity contribution in [3.8, 4) is 0 Å². The van der Waals surface area contributed by atoms with E-state index in [1.54, 1.807) is 6.07 Å². The topological polar surface area (TPSA) is 52.0 Å². The Morgan fingerprint density at radius 3 is 3.12 bits per heavy atom. The van der Waals surface area contributed by atoms with E-state index in [2.05, 4.69) is 4.98 Å². The molecule has 0 saturated heterocycles. The third-order valence-corrected chi connectivity index (χ3v) is 3.20. The number of nitrogens with zero attached hydrogens (tertiary/aromatic N) is 2. The Hall–Kier alpha value is -1.49. The van der Waals surface area contributed by atoms with Crippen molar-refractivity contribution in [1.82, 2.24) is 9.55 Å². The molecule has 0 atom stereocenters. The van der Waals surface area contributed by atoms with E-state index < -0.39 is 0 Å². The molecule has 0 fully saturated rings. The van der Waals surface area contributed by atoms with Gasteiger partial charge in [0, 0.05) is 6.42 Å². The first-order valence-corrected chi connectivity index (χ1v) is 6.04. The second-order valence-corrected chi connectivity index (χ2v) is 4.52. The number of hydrogen-bond acceptors (Lipinski definition) is 4. The van der Waals surface area contributed by atoms with E-state index in [0.717, 1.165) is 6.42 Å². The molecule has 0 radical (unpaired) electrons. The smallest absolute Gasteiger partial charge is 0.271 e. The van der Waals surface area contributed by atoms with Gasteiger partial charge in [-0.1, -0.05) is 6.92 Å². The second kappa shape index (κ2) is 4.57. The van der Waals surface area contributed by atoms with Crippen molar-refractivity contribution < 1.29 is 4.79 Å². The monoisotopic (exact) mass is 236 g/mol. The third-order valence-electron chi connectivity index (χ3n) is 2.31. The van der Waals surface area contributed by atoms with Crippen LogP contribution in [0.1, 0.15) is 19.8 Å². The Kier molecular flexibility index (Phi) is 3.14. The molecule has 0 aliphatic heterocycles. The number of carbonyl (C=O) groups excluding carboxylic acids is 1. The van der Waals surface area contributed by atoms with Crippen LogP contribution in [0.3, 0.4) is 0 Å². The molecule has 16 heavy (non-hydrogen) atoms. The van der Waals surface area contributed by atoms with Crippen molar-refractivity contribution in [3.63, 3.8) is 0 Å². The average Bonchev–Trinajstić information content (AvgIpc) is 2.71. The van der Waals surface area contributed by atoms with Crippen LogP contribution in [-0.2, 0) is 11.3 Å². The van der Waals surface area contributed by atoms with Gasteiger partial charge in [0.15, 0.2) is 5.78 Å². The Morgan fingerprint density at radius 1 is 1.56 bits per heavy atom. The summed E-state index contributed by atoms with van der Waals surface area (Å²) in [7, 11) is 0. The molecule has 4 nitrogen and oxygen atoms in total. The molecule has 5 heteroatoms. The first-order chi connectivity index (χ1) is 7.72. The average molecular weight is 236 g/mol. The zero-order valence-corrected chi connectivity index (χ0v) is 9.79. The van der Waals surface area contributed by atoms with Gasteiger partial charge in [-0.3, -0.25) is 14.2 Å². The minimum Gasteiger partial charge on any atom is -0.298 e. The summed E-state index contributed by atoms with van der Waals surface area (Å²) >= 11 is 1.36.